The van der Waals surface area contributed by atoms with Gasteiger partial charge in [-0.05, 0) is 39.0 Å². The molecule has 0 saturated heterocycles. The van der Waals surface area contributed by atoms with E-state index in [9.17, 15) is 14.3 Å². The number of ether oxygens (including phenoxy) is 1. The van der Waals surface area contributed by atoms with Crippen LogP contribution in [0, 0.1) is 5.82 Å². The number of halogens is 1. The summed E-state index contributed by atoms with van der Waals surface area (Å²) in [5, 5.41) is 12.2. The third kappa shape index (κ3) is 4.33. The maximum atomic E-state index is 13.0. The van der Waals surface area contributed by atoms with Crippen LogP contribution in [0.1, 0.15) is 32.4 Å². The molecule has 0 radical (unpaired) electrons. The van der Waals surface area contributed by atoms with Gasteiger partial charge in [0.25, 0.3) is 5.91 Å². The molecule has 0 bridgehead atoms. The number of aliphatic hydroxyl groups excluding tert-OH is 1. The van der Waals surface area contributed by atoms with Gasteiger partial charge in [0.15, 0.2) is 6.61 Å². The minimum atomic E-state index is -0.858. The van der Waals surface area contributed by atoms with E-state index in [0.717, 1.165) is 0 Å². The first-order valence-corrected chi connectivity index (χ1v) is 5.80. The van der Waals surface area contributed by atoms with E-state index in [4.69, 9.17) is 4.74 Å². The van der Waals surface area contributed by atoms with Gasteiger partial charge in [0, 0.05) is 11.6 Å². The lowest BCUT2D eigenvalue weighted by Gasteiger charge is -2.14. The van der Waals surface area contributed by atoms with Crippen LogP contribution in [-0.2, 0) is 4.79 Å². The number of hydrogen-bond donors (Lipinski definition) is 2. The summed E-state index contributed by atoms with van der Waals surface area (Å²) in [4.78, 5) is 11.4. The van der Waals surface area contributed by atoms with E-state index in [1.807, 2.05) is 13.8 Å². The predicted octanol–water partition coefficient (Wildman–Crippen LogP) is 1.78. The summed E-state index contributed by atoms with van der Waals surface area (Å²) >= 11 is 0. The minimum absolute atomic E-state index is 0.0329. The van der Waals surface area contributed by atoms with Crippen LogP contribution in [0.15, 0.2) is 18.2 Å². The lowest BCUT2D eigenvalue weighted by Crippen LogP contribution is -2.34. The molecule has 0 spiro atoms. The van der Waals surface area contributed by atoms with Crippen LogP contribution < -0.4 is 10.1 Å². The second-order valence-corrected chi connectivity index (χ2v) is 4.37. The maximum Gasteiger partial charge on any atom is 0.258 e. The van der Waals surface area contributed by atoms with Gasteiger partial charge >= 0.3 is 0 Å². The molecule has 1 unspecified atom stereocenters. The first-order chi connectivity index (χ1) is 8.40. The average molecular weight is 255 g/mol. The molecule has 0 aromatic heterocycles. The third-order valence-electron chi connectivity index (χ3n) is 2.23. The van der Waals surface area contributed by atoms with E-state index in [2.05, 4.69) is 5.32 Å². The first-order valence-electron chi connectivity index (χ1n) is 5.80. The molecular weight excluding hydrogens is 237 g/mol. The van der Waals surface area contributed by atoms with Gasteiger partial charge in [0.1, 0.15) is 11.6 Å². The second-order valence-electron chi connectivity index (χ2n) is 4.37. The van der Waals surface area contributed by atoms with Crippen molar-refractivity contribution in [2.24, 2.45) is 0 Å². The van der Waals surface area contributed by atoms with Crippen molar-refractivity contribution < 1.29 is 19.0 Å². The molecule has 4 nitrogen and oxygen atoms in total. The normalized spacial score (nSPS) is 12.3. The van der Waals surface area contributed by atoms with Crippen LogP contribution >= 0.6 is 0 Å². The summed E-state index contributed by atoms with van der Waals surface area (Å²) in [5.41, 5.74) is 0.326. The summed E-state index contributed by atoms with van der Waals surface area (Å²) in [6.45, 7) is 5.04. The SMILES string of the molecule is CC(C)NC(=O)COc1ccc(F)cc1C(C)O. The highest BCUT2D eigenvalue weighted by Gasteiger charge is 2.12. The Hall–Kier alpha value is -1.62. The molecule has 18 heavy (non-hydrogen) atoms. The molecule has 2 N–H and O–H groups in total. The number of carbonyl (C=O) groups is 1. The molecule has 1 amide bonds. The largest absolute Gasteiger partial charge is 0.483 e. The van der Waals surface area contributed by atoms with Crippen molar-refractivity contribution in [2.75, 3.05) is 6.61 Å². The van der Waals surface area contributed by atoms with Gasteiger partial charge in [-0.15, -0.1) is 0 Å². The summed E-state index contributed by atoms with van der Waals surface area (Å²) < 4.78 is 18.3. The van der Waals surface area contributed by atoms with Crippen LogP contribution in [0.5, 0.6) is 5.75 Å². The zero-order valence-corrected chi connectivity index (χ0v) is 10.7. The average Bonchev–Trinajstić information content (AvgIpc) is 2.26. The van der Waals surface area contributed by atoms with E-state index in [1.54, 1.807) is 0 Å². The monoisotopic (exact) mass is 255 g/mol. The van der Waals surface area contributed by atoms with Crippen LogP contribution in [0.4, 0.5) is 4.39 Å². The molecule has 1 atom stereocenters. The molecular formula is C13H18FNO3. The number of amides is 1. The molecule has 1 aromatic carbocycles. The zero-order valence-electron chi connectivity index (χ0n) is 10.7. The molecule has 100 valence electrons. The highest BCUT2D eigenvalue weighted by atomic mass is 19.1. The van der Waals surface area contributed by atoms with Crippen molar-refractivity contribution in [1.82, 2.24) is 5.32 Å². The van der Waals surface area contributed by atoms with E-state index >= 15 is 0 Å². The molecule has 0 fully saturated rings. The Morgan fingerprint density at radius 2 is 2.11 bits per heavy atom. The smallest absolute Gasteiger partial charge is 0.258 e. The van der Waals surface area contributed by atoms with Crippen LogP contribution in [0.25, 0.3) is 0 Å². The lowest BCUT2D eigenvalue weighted by atomic mass is 10.1. The van der Waals surface area contributed by atoms with Gasteiger partial charge in [-0.1, -0.05) is 0 Å². The van der Waals surface area contributed by atoms with Crippen LogP contribution in [0.3, 0.4) is 0 Å². The Morgan fingerprint density at radius 1 is 1.44 bits per heavy atom. The number of carbonyl (C=O) groups excluding carboxylic acids is 1. The Morgan fingerprint density at radius 3 is 2.67 bits per heavy atom. The quantitative estimate of drug-likeness (QED) is 0.843. The fourth-order valence-corrected chi connectivity index (χ4v) is 1.48. The molecule has 0 aliphatic carbocycles. The lowest BCUT2D eigenvalue weighted by molar-refractivity contribution is -0.123. The van der Waals surface area contributed by atoms with Gasteiger partial charge in [0.2, 0.25) is 0 Å². The van der Waals surface area contributed by atoms with Gasteiger partial charge in [-0.25, -0.2) is 4.39 Å². The van der Waals surface area contributed by atoms with E-state index in [1.165, 1.54) is 25.1 Å². The van der Waals surface area contributed by atoms with Crippen molar-refractivity contribution in [2.45, 2.75) is 32.9 Å². The fraction of sp³-hybridized carbons (Fsp3) is 0.462. The van der Waals surface area contributed by atoms with Crippen molar-refractivity contribution in [3.63, 3.8) is 0 Å². The summed E-state index contributed by atoms with van der Waals surface area (Å²) in [5.74, 6) is -0.402. The maximum absolute atomic E-state index is 13.0. The Balaban J connectivity index is 2.70. The van der Waals surface area contributed by atoms with Crippen LogP contribution in [-0.4, -0.2) is 23.7 Å². The second kappa shape index (κ2) is 6.35. The molecule has 5 heteroatoms. The third-order valence-corrected chi connectivity index (χ3v) is 2.23. The Kier molecular flexibility index (Phi) is 5.09. The van der Waals surface area contributed by atoms with Crippen molar-refractivity contribution in [3.8, 4) is 5.75 Å². The van der Waals surface area contributed by atoms with Gasteiger partial charge < -0.3 is 15.2 Å². The molecule has 0 aliphatic heterocycles. The van der Waals surface area contributed by atoms with Crippen molar-refractivity contribution in [3.05, 3.63) is 29.6 Å². The topological polar surface area (TPSA) is 58.6 Å². The van der Waals surface area contributed by atoms with E-state index in [-0.39, 0.29) is 18.6 Å². The van der Waals surface area contributed by atoms with Gasteiger partial charge in [-0.2, -0.15) is 0 Å². The highest BCUT2D eigenvalue weighted by Crippen LogP contribution is 2.25. The number of benzene rings is 1. The number of aliphatic hydroxyl groups is 1. The first kappa shape index (κ1) is 14.4. The van der Waals surface area contributed by atoms with Crippen LogP contribution in [0.2, 0.25) is 0 Å². The fourth-order valence-electron chi connectivity index (χ4n) is 1.48. The summed E-state index contributed by atoms with van der Waals surface area (Å²) in [6.07, 6.45) is -0.858. The van der Waals surface area contributed by atoms with Gasteiger partial charge in [-0.3, -0.25) is 4.79 Å². The number of hydrogen-bond acceptors (Lipinski definition) is 3. The standard InChI is InChI=1S/C13H18FNO3/c1-8(2)15-13(17)7-18-12-5-4-10(14)6-11(12)9(3)16/h4-6,8-9,16H,7H2,1-3H3,(H,15,17). The number of nitrogens with one attached hydrogen (secondary N) is 1. The molecule has 1 rings (SSSR count). The number of rotatable bonds is 5. The molecule has 0 saturated carbocycles. The van der Waals surface area contributed by atoms with E-state index < -0.39 is 11.9 Å². The molecule has 1 aromatic rings. The summed E-state index contributed by atoms with van der Waals surface area (Å²) in [6, 6.07) is 3.85. The summed E-state index contributed by atoms with van der Waals surface area (Å²) in [7, 11) is 0. The minimum Gasteiger partial charge on any atom is -0.483 e. The Labute approximate surface area is 106 Å². The highest BCUT2D eigenvalue weighted by molar-refractivity contribution is 5.77. The van der Waals surface area contributed by atoms with Crippen molar-refractivity contribution >= 4 is 5.91 Å². The zero-order chi connectivity index (χ0) is 13.7. The van der Waals surface area contributed by atoms with Gasteiger partial charge in [0.05, 0.1) is 6.10 Å². The van der Waals surface area contributed by atoms with Crippen molar-refractivity contribution in [1.29, 1.82) is 0 Å². The predicted molar refractivity (Wildman–Crippen MR) is 65.8 cm³/mol. The molecule has 0 heterocycles. The van der Waals surface area contributed by atoms with E-state index in [0.29, 0.717) is 11.3 Å². The Bertz CT molecular complexity index is 419. The molecule has 0 aliphatic rings.